The molecule has 2 heterocycles. The van der Waals surface area contributed by atoms with Gasteiger partial charge in [0.15, 0.2) is 0 Å². The van der Waals surface area contributed by atoms with E-state index in [1.165, 1.54) is 56.4 Å². The third-order valence-corrected chi connectivity index (χ3v) is 5.77. The van der Waals surface area contributed by atoms with Crippen molar-refractivity contribution in [3.05, 3.63) is 100 Å². The van der Waals surface area contributed by atoms with E-state index >= 15 is 0 Å². The lowest BCUT2D eigenvalue weighted by atomic mass is 10.1. The highest BCUT2D eigenvalue weighted by atomic mass is 15.1. The highest BCUT2D eigenvalue weighted by Gasteiger charge is 2.20. The van der Waals surface area contributed by atoms with E-state index in [2.05, 4.69) is 123 Å². The van der Waals surface area contributed by atoms with Crippen LogP contribution in [0.5, 0.6) is 0 Å². The van der Waals surface area contributed by atoms with Crippen LogP contribution in [-0.2, 0) is 0 Å². The Hall–Kier alpha value is -3.26. The quantitative estimate of drug-likeness (QED) is 0.339. The smallest absolute Gasteiger partial charge is 0.0729 e. The van der Waals surface area contributed by atoms with Crippen molar-refractivity contribution < 1.29 is 0 Å². The van der Waals surface area contributed by atoms with Gasteiger partial charge in [0.05, 0.1) is 11.4 Å². The van der Waals surface area contributed by atoms with Crippen LogP contribution >= 0.6 is 0 Å². The average Bonchev–Trinajstić information content (AvgIpc) is 3.19. The van der Waals surface area contributed by atoms with Crippen molar-refractivity contribution in [2.45, 2.75) is 41.5 Å². The van der Waals surface area contributed by atoms with E-state index < -0.39 is 0 Å². The summed E-state index contributed by atoms with van der Waals surface area (Å²) in [5.74, 6) is 0. The van der Waals surface area contributed by atoms with Crippen molar-refractivity contribution in [1.29, 1.82) is 0 Å². The Bertz CT molecular complexity index is 1210. The molecule has 0 amide bonds. The van der Waals surface area contributed by atoms with Crippen LogP contribution in [0.3, 0.4) is 0 Å². The highest BCUT2D eigenvalue weighted by Crippen LogP contribution is 2.36. The number of aryl methyl sites for hydroxylation is 5. The molecule has 0 aliphatic carbocycles. The van der Waals surface area contributed by atoms with Gasteiger partial charge in [-0.25, -0.2) is 0 Å². The molecule has 4 rings (SSSR count). The standard InChI is InChI=1S/C28H30N2/c1-7-8-26-21(4)18-27(30(26)25-15-11-20(3)12-16-25)28-22(5)17-23(6)29(28)24-13-9-19(2)10-14-24/h7-18H,1-6H3/b8-7+. The first-order valence-corrected chi connectivity index (χ1v) is 10.6. The number of benzene rings is 2. The first-order valence-electron chi connectivity index (χ1n) is 10.6. The predicted molar refractivity (Wildman–Crippen MR) is 129 cm³/mol. The molecule has 2 heteroatoms. The molecule has 0 N–H and O–H groups in total. The second-order valence-corrected chi connectivity index (χ2v) is 8.26. The van der Waals surface area contributed by atoms with Gasteiger partial charge < -0.3 is 9.13 Å². The van der Waals surface area contributed by atoms with Crippen molar-refractivity contribution in [3.63, 3.8) is 0 Å². The van der Waals surface area contributed by atoms with E-state index in [4.69, 9.17) is 0 Å². The average molecular weight is 395 g/mol. The summed E-state index contributed by atoms with van der Waals surface area (Å²) in [6.45, 7) is 12.9. The van der Waals surface area contributed by atoms with Gasteiger partial charge in [-0.2, -0.15) is 0 Å². The number of allylic oxidation sites excluding steroid dienone is 1. The number of rotatable bonds is 4. The zero-order valence-corrected chi connectivity index (χ0v) is 18.8. The summed E-state index contributed by atoms with van der Waals surface area (Å²) in [5.41, 5.74) is 12.4. The Morgan fingerprint density at radius 1 is 0.633 bits per heavy atom. The van der Waals surface area contributed by atoms with Gasteiger partial charge >= 0.3 is 0 Å². The largest absolute Gasteiger partial charge is 0.312 e. The van der Waals surface area contributed by atoms with Crippen LogP contribution in [-0.4, -0.2) is 9.13 Å². The van der Waals surface area contributed by atoms with E-state index in [1.807, 2.05) is 0 Å². The Morgan fingerprint density at radius 2 is 1.17 bits per heavy atom. The SMILES string of the molecule is C/C=C/c1c(C)cc(-c2c(C)cc(C)n2-c2ccc(C)cc2)n1-c1ccc(C)cc1. The predicted octanol–water partition coefficient (Wildman–Crippen LogP) is 7.51. The molecule has 0 unspecified atom stereocenters. The first-order chi connectivity index (χ1) is 14.4. The summed E-state index contributed by atoms with van der Waals surface area (Å²) in [4.78, 5) is 0. The normalized spacial score (nSPS) is 11.5. The van der Waals surface area contributed by atoms with Gasteiger partial charge in [-0.15, -0.1) is 0 Å². The Labute approximate surface area is 180 Å². The van der Waals surface area contributed by atoms with Crippen molar-refractivity contribution in [2.24, 2.45) is 0 Å². The molecule has 30 heavy (non-hydrogen) atoms. The van der Waals surface area contributed by atoms with Crippen LogP contribution in [0.15, 0.2) is 66.7 Å². The third-order valence-electron chi connectivity index (χ3n) is 5.77. The van der Waals surface area contributed by atoms with Crippen LogP contribution in [0.25, 0.3) is 28.8 Å². The molecular weight excluding hydrogens is 364 g/mol. The molecule has 0 radical (unpaired) electrons. The van der Waals surface area contributed by atoms with Gasteiger partial charge in [0.2, 0.25) is 0 Å². The minimum atomic E-state index is 1.19. The van der Waals surface area contributed by atoms with Crippen molar-refractivity contribution in [1.82, 2.24) is 9.13 Å². The molecule has 0 fully saturated rings. The van der Waals surface area contributed by atoms with Crippen LogP contribution in [0.4, 0.5) is 0 Å². The summed E-state index contributed by atoms with van der Waals surface area (Å²) >= 11 is 0. The molecule has 2 aromatic carbocycles. The molecule has 2 aromatic heterocycles. The van der Waals surface area contributed by atoms with Gasteiger partial charge in [0.25, 0.3) is 0 Å². The maximum Gasteiger partial charge on any atom is 0.0729 e. The minimum absolute atomic E-state index is 1.19. The van der Waals surface area contributed by atoms with E-state index in [1.54, 1.807) is 0 Å². The topological polar surface area (TPSA) is 9.86 Å². The highest BCUT2D eigenvalue weighted by molar-refractivity contribution is 5.73. The zero-order valence-electron chi connectivity index (χ0n) is 18.8. The molecule has 152 valence electrons. The number of nitrogens with zero attached hydrogens (tertiary/aromatic N) is 2. The maximum absolute atomic E-state index is 2.39. The van der Waals surface area contributed by atoms with Crippen LogP contribution < -0.4 is 0 Å². The van der Waals surface area contributed by atoms with E-state index in [9.17, 15) is 0 Å². The lowest BCUT2D eigenvalue weighted by molar-refractivity contribution is 0.984. The summed E-state index contributed by atoms with van der Waals surface area (Å²) < 4.78 is 4.77. The third kappa shape index (κ3) is 3.43. The second kappa shape index (κ2) is 7.87. The number of hydrogen-bond acceptors (Lipinski definition) is 0. The molecule has 0 spiro atoms. The molecule has 0 aliphatic heterocycles. The van der Waals surface area contributed by atoms with Crippen molar-refractivity contribution in [2.75, 3.05) is 0 Å². The zero-order chi connectivity index (χ0) is 21.4. The molecule has 0 atom stereocenters. The van der Waals surface area contributed by atoms with E-state index in [-0.39, 0.29) is 0 Å². The lowest BCUT2D eigenvalue weighted by Crippen LogP contribution is -2.05. The molecule has 0 saturated carbocycles. The lowest BCUT2D eigenvalue weighted by Gasteiger charge is -2.17. The van der Waals surface area contributed by atoms with Crippen molar-refractivity contribution in [3.8, 4) is 22.8 Å². The number of aromatic nitrogens is 2. The van der Waals surface area contributed by atoms with Gasteiger partial charge in [0.1, 0.15) is 0 Å². The fraction of sp³-hybridized carbons (Fsp3) is 0.214. The molecular formula is C28H30N2. The fourth-order valence-corrected chi connectivity index (χ4v) is 4.30. The summed E-state index contributed by atoms with van der Waals surface area (Å²) in [7, 11) is 0. The number of hydrogen-bond donors (Lipinski definition) is 0. The van der Waals surface area contributed by atoms with E-state index in [0.717, 1.165) is 0 Å². The molecule has 2 nitrogen and oxygen atoms in total. The monoisotopic (exact) mass is 394 g/mol. The molecule has 0 saturated heterocycles. The Balaban J connectivity index is 2.04. The summed E-state index contributed by atoms with van der Waals surface area (Å²) in [6, 6.07) is 22.2. The molecule has 0 aliphatic rings. The van der Waals surface area contributed by atoms with Gasteiger partial charge in [-0.05, 0) is 95.1 Å². The molecule has 4 aromatic rings. The van der Waals surface area contributed by atoms with Gasteiger partial charge in [-0.3, -0.25) is 0 Å². The van der Waals surface area contributed by atoms with Crippen LogP contribution in [0.1, 0.15) is 40.6 Å². The maximum atomic E-state index is 2.39. The minimum Gasteiger partial charge on any atom is -0.312 e. The molecule has 0 bridgehead atoms. The summed E-state index contributed by atoms with van der Waals surface area (Å²) in [6.07, 6.45) is 4.33. The van der Waals surface area contributed by atoms with Gasteiger partial charge in [-0.1, -0.05) is 41.5 Å². The first kappa shape index (κ1) is 20.0. The Morgan fingerprint density at radius 3 is 1.70 bits per heavy atom. The fourth-order valence-electron chi connectivity index (χ4n) is 4.30. The van der Waals surface area contributed by atoms with Crippen LogP contribution in [0, 0.1) is 34.6 Å². The summed E-state index contributed by atoms with van der Waals surface area (Å²) in [5, 5.41) is 0. The van der Waals surface area contributed by atoms with E-state index in [0.29, 0.717) is 0 Å². The Kier molecular flexibility index (Phi) is 5.26. The van der Waals surface area contributed by atoms with Crippen molar-refractivity contribution >= 4 is 6.08 Å². The van der Waals surface area contributed by atoms with Crippen LogP contribution in [0.2, 0.25) is 0 Å². The second-order valence-electron chi connectivity index (χ2n) is 8.26. The van der Waals surface area contributed by atoms with Gasteiger partial charge in [0, 0.05) is 22.8 Å².